The fourth-order valence-corrected chi connectivity index (χ4v) is 5.12. The van der Waals surface area contributed by atoms with Gasteiger partial charge in [0.2, 0.25) is 5.72 Å². The van der Waals surface area contributed by atoms with E-state index in [1.54, 1.807) is 24.3 Å². The maximum Gasteiger partial charge on any atom is 0.337 e. The van der Waals surface area contributed by atoms with Gasteiger partial charge in [-0.1, -0.05) is 12.1 Å². The van der Waals surface area contributed by atoms with Crippen LogP contribution in [0.15, 0.2) is 65.9 Å². The van der Waals surface area contributed by atoms with Crippen LogP contribution in [0.2, 0.25) is 0 Å². The number of methoxy groups -OCH3 is 2. The molecule has 0 fully saturated rings. The van der Waals surface area contributed by atoms with Crippen LogP contribution in [0.4, 0.5) is 15.8 Å². The van der Waals surface area contributed by atoms with Gasteiger partial charge in [-0.05, 0) is 78.7 Å². The zero-order chi connectivity index (χ0) is 25.7. The summed E-state index contributed by atoms with van der Waals surface area (Å²) in [5.41, 5.74) is 2.28. The van der Waals surface area contributed by atoms with E-state index >= 15 is 0 Å². The highest BCUT2D eigenvalue weighted by Crippen LogP contribution is 2.57. The average Bonchev–Trinajstić information content (AvgIpc) is 3.06. The molecule has 0 saturated carbocycles. The number of halogens is 1. The highest BCUT2D eigenvalue weighted by Gasteiger charge is 2.59. The number of carbonyl (C=O) groups excluding carboxylic acids is 1. The lowest BCUT2D eigenvalue weighted by atomic mass is 9.76. The molecule has 184 valence electrons. The van der Waals surface area contributed by atoms with E-state index in [9.17, 15) is 14.1 Å². The van der Waals surface area contributed by atoms with Gasteiger partial charge in [0.1, 0.15) is 11.5 Å². The van der Waals surface area contributed by atoms with E-state index in [0.29, 0.717) is 29.2 Å². The van der Waals surface area contributed by atoms with Gasteiger partial charge >= 0.3 is 5.97 Å². The predicted octanol–water partition coefficient (Wildman–Crippen LogP) is 6.12. The second kappa shape index (κ2) is 8.48. The minimum Gasteiger partial charge on any atom is -0.493 e. The Hall–Kier alpha value is -4.20. The highest BCUT2D eigenvalue weighted by atomic mass is 19.1. The largest absolute Gasteiger partial charge is 0.493 e. The van der Waals surface area contributed by atoms with Crippen molar-refractivity contribution in [2.45, 2.75) is 31.5 Å². The van der Waals surface area contributed by atoms with Crippen molar-refractivity contribution >= 4 is 23.4 Å². The zero-order valence-corrected chi connectivity index (χ0v) is 20.4. The van der Waals surface area contributed by atoms with E-state index in [4.69, 9.17) is 14.2 Å². The van der Waals surface area contributed by atoms with Gasteiger partial charge in [-0.2, -0.15) is 0 Å². The van der Waals surface area contributed by atoms with Gasteiger partial charge < -0.3 is 19.1 Å². The van der Waals surface area contributed by atoms with Crippen molar-refractivity contribution in [3.05, 3.63) is 93.7 Å². The van der Waals surface area contributed by atoms with Gasteiger partial charge in [-0.15, -0.1) is 4.91 Å². The molecule has 7 nitrogen and oxygen atoms in total. The minimum absolute atomic E-state index is 0.231. The summed E-state index contributed by atoms with van der Waals surface area (Å²) < 4.78 is 31.0. The molecule has 0 bridgehead atoms. The third kappa shape index (κ3) is 3.44. The topological polar surface area (TPSA) is 77.4 Å². The summed E-state index contributed by atoms with van der Waals surface area (Å²) >= 11 is 0. The summed E-state index contributed by atoms with van der Waals surface area (Å²) in [6.07, 6.45) is 3.84. The lowest BCUT2D eigenvalue weighted by molar-refractivity contribution is 0.0491. The molecule has 0 aromatic heterocycles. The van der Waals surface area contributed by atoms with Crippen molar-refractivity contribution in [2.75, 3.05) is 19.1 Å². The number of carbonyl (C=O) groups is 1. The number of anilines is 1. The standard InChI is InChI=1S/C28H25FN2O5/c1-27(2)22-14-19(26(32)35-4)7-10-23(22)31(16-17-5-8-20(29)9-6-17)28(27)12-11-18-13-21(30-33)15-24(34-3)25(18)36-28/h5-15H,16H2,1-4H3. The Balaban J connectivity index is 1.70. The average molecular weight is 489 g/mol. The summed E-state index contributed by atoms with van der Waals surface area (Å²) in [6, 6.07) is 14.9. The van der Waals surface area contributed by atoms with Crippen molar-refractivity contribution in [2.24, 2.45) is 5.18 Å². The van der Waals surface area contributed by atoms with Gasteiger partial charge in [0, 0.05) is 23.9 Å². The Morgan fingerprint density at radius 3 is 2.50 bits per heavy atom. The van der Waals surface area contributed by atoms with Crippen LogP contribution in [0.1, 0.15) is 40.9 Å². The third-order valence-corrected chi connectivity index (χ3v) is 7.07. The zero-order valence-electron chi connectivity index (χ0n) is 20.4. The number of nitrogens with zero attached hydrogens (tertiary/aromatic N) is 2. The number of hydrogen-bond donors (Lipinski definition) is 0. The van der Waals surface area contributed by atoms with Crippen molar-refractivity contribution in [3.8, 4) is 11.5 Å². The molecule has 2 aliphatic heterocycles. The molecule has 0 amide bonds. The first-order chi connectivity index (χ1) is 17.2. The number of esters is 1. The van der Waals surface area contributed by atoms with Crippen molar-refractivity contribution in [1.29, 1.82) is 0 Å². The molecule has 3 aromatic rings. The molecular formula is C28H25FN2O5. The lowest BCUT2D eigenvalue weighted by Crippen LogP contribution is -2.59. The number of ether oxygens (including phenoxy) is 3. The van der Waals surface area contributed by atoms with Gasteiger partial charge in [-0.25, -0.2) is 9.18 Å². The molecule has 8 heteroatoms. The monoisotopic (exact) mass is 488 g/mol. The van der Waals surface area contributed by atoms with E-state index in [0.717, 1.165) is 16.8 Å². The molecule has 2 heterocycles. The molecule has 1 unspecified atom stereocenters. The molecule has 0 saturated heterocycles. The molecule has 3 aromatic carbocycles. The summed E-state index contributed by atoms with van der Waals surface area (Å²) in [7, 11) is 2.85. The molecule has 36 heavy (non-hydrogen) atoms. The number of benzene rings is 3. The fourth-order valence-electron chi connectivity index (χ4n) is 5.12. The maximum absolute atomic E-state index is 13.6. The van der Waals surface area contributed by atoms with Crippen molar-refractivity contribution in [1.82, 2.24) is 0 Å². The van der Waals surface area contributed by atoms with E-state index in [2.05, 4.69) is 10.1 Å². The molecule has 5 rings (SSSR count). The normalized spacial score (nSPS) is 18.9. The smallest absolute Gasteiger partial charge is 0.337 e. The van der Waals surface area contributed by atoms with Crippen LogP contribution in [0.3, 0.4) is 0 Å². The SMILES string of the molecule is COC(=O)c1ccc2c(c1)C(C)(C)C1(C=Cc3cc(N=O)cc(OC)c3O1)N2Cc1ccc(F)cc1. The van der Waals surface area contributed by atoms with E-state index in [1.807, 2.05) is 38.1 Å². The van der Waals surface area contributed by atoms with E-state index in [-0.39, 0.29) is 11.5 Å². The minimum atomic E-state index is -1.03. The quantitative estimate of drug-likeness (QED) is 0.318. The van der Waals surface area contributed by atoms with E-state index in [1.165, 1.54) is 32.4 Å². The number of hydrogen-bond acceptors (Lipinski definition) is 7. The molecule has 0 aliphatic carbocycles. The van der Waals surface area contributed by atoms with Crippen LogP contribution in [-0.4, -0.2) is 25.9 Å². The second-order valence-corrected chi connectivity index (χ2v) is 9.35. The van der Waals surface area contributed by atoms with Crippen LogP contribution >= 0.6 is 0 Å². The van der Waals surface area contributed by atoms with Crippen LogP contribution in [0.25, 0.3) is 6.08 Å². The van der Waals surface area contributed by atoms with Gasteiger partial charge in [0.15, 0.2) is 11.5 Å². The maximum atomic E-state index is 13.6. The predicted molar refractivity (Wildman–Crippen MR) is 134 cm³/mol. The van der Waals surface area contributed by atoms with Crippen LogP contribution in [0, 0.1) is 10.7 Å². The lowest BCUT2D eigenvalue weighted by Gasteiger charge is -2.47. The Morgan fingerprint density at radius 1 is 1.08 bits per heavy atom. The Kier molecular flexibility index (Phi) is 5.54. The second-order valence-electron chi connectivity index (χ2n) is 9.35. The molecule has 0 radical (unpaired) electrons. The van der Waals surface area contributed by atoms with Crippen molar-refractivity contribution < 1.29 is 23.4 Å². The summed E-state index contributed by atoms with van der Waals surface area (Å²) in [5.74, 6) is 0.117. The summed E-state index contributed by atoms with van der Waals surface area (Å²) in [5, 5.41) is 3.05. The molecular weight excluding hydrogens is 463 g/mol. The fraction of sp³-hybridized carbons (Fsp3) is 0.250. The Morgan fingerprint density at radius 2 is 1.83 bits per heavy atom. The molecule has 1 spiro atoms. The Bertz CT molecular complexity index is 1400. The number of fused-ring (bicyclic) bond motifs is 2. The van der Waals surface area contributed by atoms with Crippen LogP contribution < -0.4 is 14.4 Å². The molecule has 0 N–H and O–H groups in total. The van der Waals surface area contributed by atoms with Crippen molar-refractivity contribution in [3.63, 3.8) is 0 Å². The summed E-state index contributed by atoms with van der Waals surface area (Å²) in [4.78, 5) is 25.6. The van der Waals surface area contributed by atoms with Gasteiger partial charge in [0.05, 0.1) is 25.2 Å². The summed E-state index contributed by atoms with van der Waals surface area (Å²) in [6.45, 7) is 4.49. The van der Waals surface area contributed by atoms with Gasteiger partial charge in [-0.3, -0.25) is 0 Å². The third-order valence-electron chi connectivity index (χ3n) is 7.07. The van der Waals surface area contributed by atoms with Gasteiger partial charge in [0.25, 0.3) is 0 Å². The number of rotatable bonds is 5. The highest BCUT2D eigenvalue weighted by molar-refractivity contribution is 5.91. The van der Waals surface area contributed by atoms with Crippen LogP contribution in [0.5, 0.6) is 11.5 Å². The Labute approximate surface area is 208 Å². The first kappa shape index (κ1) is 23.5. The van der Waals surface area contributed by atoms with Crippen LogP contribution in [-0.2, 0) is 16.7 Å². The molecule has 2 aliphatic rings. The first-order valence-electron chi connectivity index (χ1n) is 11.4. The molecule has 1 atom stereocenters. The number of nitroso groups, excluding NO2 is 1. The van der Waals surface area contributed by atoms with E-state index < -0.39 is 17.1 Å². The first-order valence-corrected chi connectivity index (χ1v) is 11.4.